The molecule has 9 nitrogen and oxygen atoms in total. The van der Waals surface area contributed by atoms with Gasteiger partial charge in [0.15, 0.2) is 0 Å². The number of nitrogens with one attached hydrogen (secondary N) is 2. The van der Waals surface area contributed by atoms with E-state index < -0.39 is 0 Å². The number of rotatable bonds is 8. The number of nitrogen functional groups attached to an aromatic ring is 1. The Balaban J connectivity index is 1.39. The Morgan fingerprint density at radius 1 is 1.03 bits per heavy atom. The monoisotopic (exact) mass is 523 g/mol. The number of nitrogens with two attached hydrogens (primary N) is 1. The number of fused-ring (bicyclic) bond motifs is 1. The number of morpholine rings is 1. The molecule has 3 aromatic carbocycles. The van der Waals surface area contributed by atoms with Gasteiger partial charge in [0, 0.05) is 53.7 Å². The molecule has 2 heterocycles. The molecule has 39 heavy (non-hydrogen) atoms. The summed E-state index contributed by atoms with van der Waals surface area (Å²) >= 11 is 0. The molecule has 9 heteroatoms. The number of aromatic nitrogens is 2. The van der Waals surface area contributed by atoms with Crippen LogP contribution < -0.4 is 21.3 Å². The highest BCUT2D eigenvalue weighted by Crippen LogP contribution is 2.32. The quantitative estimate of drug-likeness (QED) is 0.290. The Labute approximate surface area is 228 Å². The maximum Gasteiger partial charge on any atom is 0.248 e. The summed E-state index contributed by atoms with van der Waals surface area (Å²) in [5, 5.41) is 7.00. The van der Waals surface area contributed by atoms with Crippen molar-refractivity contribution in [3.05, 3.63) is 78.9 Å². The fourth-order valence-electron chi connectivity index (χ4n) is 4.49. The predicted molar refractivity (Wildman–Crippen MR) is 158 cm³/mol. The van der Waals surface area contributed by atoms with Crippen LogP contribution in [0, 0.1) is 0 Å². The molecular weight excluding hydrogens is 490 g/mol. The van der Waals surface area contributed by atoms with E-state index in [2.05, 4.69) is 32.7 Å². The Bertz CT molecular complexity index is 1480. The third-order valence-corrected chi connectivity index (χ3v) is 6.44. The number of likely N-dealkylation sites (N-methyl/N-ethyl adjacent to an activating group) is 1. The van der Waals surface area contributed by atoms with E-state index in [-0.39, 0.29) is 5.91 Å². The fraction of sp³-hybridized carbons (Fsp3) is 0.233. The number of amides is 1. The molecule has 0 radical (unpaired) electrons. The van der Waals surface area contributed by atoms with Gasteiger partial charge >= 0.3 is 0 Å². The lowest BCUT2D eigenvalue weighted by Crippen LogP contribution is -2.36. The summed E-state index contributed by atoms with van der Waals surface area (Å²) in [6.07, 6.45) is 3.37. The maximum absolute atomic E-state index is 12.4. The van der Waals surface area contributed by atoms with Crippen LogP contribution in [0.2, 0.25) is 0 Å². The highest BCUT2D eigenvalue weighted by atomic mass is 16.5. The van der Waals surface area contributed by atoms with Gasteiger partial charge in [-0.05, 0) is 62.1 Å². The summed E-state index contributed by atoms with van der Waals surface area (Å²) in [5.41, 5.74) is 11.6. The summed E-state index contributed by atoms with van der Waals surface area (Å²) in [5.74, 6) is 0.636. The van der Waals surface area contributed by atoms with E-state index in [1.165, 1.54) is 0 Å². The number of para-hydroxylation sites is 1. The number of carbonyl (C=O) groups excluding carboxylic acids is 1. The Morgan fingerprint density at radius 3 is 2.56 bits per heavy atom. The molecule has 4 N–H and O–H groups in total. The average molecular weight is 524 g/mol. The van der Waals surface area contributed by atoms with Crippen molar-refractivity contribution in [1.29, 1.82) is 0 Å². The molecule has 200 valence electrons. The van der Waals surface area contributed by atoms with Gasteiger partial charge in [-0.15, -0.1) is 0 Å². The molecule has 4 aromatic rings. The largest absolute Gasteiger partial charge is 0.383 e. The van der Waals surface area contributed by atoms with Crippen molar-refractivity contribution in [2.24, 2.45) is 0 Å². The van der Waals surface area contributed by atoms with Crippen molar-refractivity contribution in [1.82, 2.24) is 14.9 Å². The standard InChI is InChI=1S/C30H33N7O2/c1-36(2)15-5-10-27(38)32-23-7-3-6-21(20-23)25-8-4-9-26-28(25)34-30(35-29(26)31)33-22-11-13-24(14-12-22)37-16-18-39-19-17-37/h3-14,20H,15-19H2,1-2H3,(H,32,38)(H3,31,33,34,35)/b10-5+. The van der Waals surface area contributed by atoms with Gasteiger partial charge < -0.3 is 30.9 Å². The fourth-order valence-corrected chi connectivity index (χ4v) is 4.49. The first-order valence-corrected chi connectivity index (χ1v) is 12.9. The first-order valence-electron chi connectivity index (χ1n) is 12.9. The third-order valence-electron chi connectivity index (χ3n) is 6.44. The van der Waals surface area contributed by atoms with Crippen LogP contribution in [0.5, 0.6) is 0 Å². The number of anilines is 5. The minimum absolute atomic E-state index is 0.176. The van der Waals surface area contributed by atoms with Crippen LogP contribution >= 0.6 is 0 Å². The van der Waals surface area contributed by atoms with Crippen LogP contribution in [0.4, 0.5) is 28.8 Å². The lowest BCUT2D eigenvalue weighted by Gasteiger charge is -2.28. The van der Waals surface area contributed by atoms with Crippen LogP contribution in [-0.2, 0) is 9.53 Å². The molecule has 1 aromatic heterocycles. The van der Waals surface area contributed by atoms with Crippen molar-refractivity contribution < 1.29 is 9.53 Å². The van der Waals surface area contributed by atoms with E-state index in [4.69, 9.17) is 15.5 Å². The number of ether oxygens (including phenoxy) is 1. The van der Waals surface area contributed by atoms with Gasteiger partial charge in [-0.1, -0.05) is 30.3 Å². The number of benzene rings is 3. The number of hydrogen-bond donors (Lipinski definition) is 3. The topological polar surface area (TPSA) is 109 Å². The Morgan fingerprint density at radius 2 is 1.79 bits per heavy atom. The lowest BCUT2D eigenvalue weighted by atomic mass is 10.0. The van der Waals surface area contributed by atoms with Crippen molar-refractivity contribution in [3.63, 3.8) is 0 Å². The molecule has 1 fully saturated rings. The average Bonchev–Trinajstić information content (AvgIpc) is 2.94. The van der Waals surface area contributed by atoms with Crippen LogP contribution in [-0.4, -0.2) is 67.7 Å². The van der Waals surface area contributed by atoms with Crippen molar-refractivity contribution in [2.75, 3.05) is 68.2 Å². The van der Waals surface area contributed by atoms with E-state index in [0.29, 0.717) is 24.0 Å². The molecule has 5 rings (SSSR count). The van der Waals surface area contributed by atoms with Gasteiger partial charge in [-0.2, -0.15) is 4.98 Å². The van der Waals surface area contributed by atoms with E-state index in [9.17, 15) is 4.79 Å². The maximum atomic E-state index is 12.4. The van der Waals surface area contributed by atoms with Crippen LogP contribution in [0.15, 0.2) is 78.9 Å². The molecule has 0 unspecified atom stereocenters. The summed E-state index contributed by atoms with van der Waals surface area (Å²) < 4.78 is 5.45. The van der Waals surface area contributed by atoms with Crippen LogP contribution in [0.3, 0.4) is 0 Å². The first kappa shape index (κ1) is 26.1. The zero-order valence-electron chi connectivity index (χ0n) is 22.2. The van der Waals surface area contributed by atoms with Gasteiger partial charge in [0.05, 0.1) is 18.7 Å². The third kappa shape index (κ3) is 6.51. The van der Waals surface area contributed by atoms with Crippen LogP contribution in [0.1, 0.15) is 0 Å². The van der Waals surface area contributed by atoms with Crippen molar-refractivity contribution >= 4 is 45.6 Å². The second-order valence-corrected chi connectivity index (χ2v) is 9.64. The first-order chi connectivity index (χ1) is 19.0. The minimum atomic E-state index is -0.176. The van der Waals surface area contributed by atoms with Crippen LogP contribution in [0.25, 0.3) is 22.0 Å². The molecule has 1 saturated heterocycles. The summed E-state index contributed by atoms with van der Waals surface area (Å²) in [6, 6.07) is 21.7. The van der Waals surface area contributed by atoms with E-state index in [1.807, 2.05) is 79.7 Å². The molecule has 1 amide bonds. The highest BCUT2D eigenvalue weighted by Gasteiger charge is 2.13. The summed E-state index contributed by atoms with van der Waals surface area (Å²) in [6.45, 7) is 3.96. The van der Waals surface area contributed by atoms with E-state index in [1.54, 1.807) is 6.08 Å². The normalized spacial score (nSPS) is 13.8. The zero-order valence-corrected chi connectivity index (χ0v) is 22.2. The lowest BCUT2D eigenvalue weighted by molar-refractivity contribution is -0.111. The second kappa shape index (κ2) is 11.9. The highest BCUT2D eigenvalue weighted by molar-refractivity contribution is 6.02. The predicted octanol–water partition coefficient (Wildman–Crippen LogP) is 4.52. The molecule has 0 saturated carbocycles. The van der Waals surface area contributed by atoms with Crippen molar-refractivity contribution in [2.45, 2.75) is 0 Å². The van der Waals surface area contributed by atoms with Gasteiger partial charge in [-0.25, -0.2) is 4.98 Å². The molecular formula is C30H33N7O2. The second-order valence-electron chi connectivity index (χ2n) is 9.64. The van der Waals surface area contributed by atoms with Gasteiger partial charge in [0.1, 0.15) is 5.82 Å². The Kier molecular flexibility index (Phi) is 8.00. The molecule has 0 spiro atoms. The molecule has 0 atom stereocenters. The Hall–Kier alpha value is -4.47. The zero-order chi connectivity index (χ0) is 27.2. The molecule has 0 aliphatic carbocycles. The van der Waals surface area contributed by atoms with Gasteiger partial charge in [0.2, 0.25) is 11.9 Å². The number of nitrogens with zero attached hydrogens (tertiary/aromatic N) is 4. The smallest absolute Gasteiger partial charge is 0.248 e. The van der Waals surface area contributed by atoms with Crippen molar-refractivity contribution in [3.8, 4) is 11.1 Å². The minimum Gasteiger partial charge on any atom is -0.383 e. The summed E-state index contributed by atoms with van der Waals surface area (Å²) in [4.78, 5) is 26.0. The summed E-state index contributed by atoms with van der Waals surface area (Å²) in [7, 11) is 3.91. The van der Waals surface area contributed by atoms with E-state index in [0.717, 1.165) is 59.7 Å². The van der Waals surface area contributed by atoms with E-state index >= 15 is 0 Å². The number of carbonyl (C=O) groups is 1. The molecule has 0 bridgehead atoms. The van der Waals surface area contributed by atoms with Gasteiger partial charge in [-0.3, -0.25) is 4.79 Å². The molecule has 1 aliphatic rings. The number of hydrogen-bond acceptors (Lipinski definition) is 8. The SMILES string of the molecule is CN(C)C/C=C/C(=O)Nc1cccc(-c2cccc3c(N)nc(Nc4ccc(N5CCOCC5)cc4)nc23)c1. The van der Waals surface area contributed by atoms with Gasteiger partial charge in [0.25, 0.3) is 0 Å². The molecule has 1 aliphatic heterocycles.